The van der Waals surface area contributed by atoms with Gasteiger partial charge in [-0.1, -0.05) is 170 Å². The third-order valence-electron chi connectivity index (χ3n) is 9.87. The first-order valence-electron chi connectivity index (χ1n) is 24.3. The van der Waals surface area contributed by atoms with Crippen molar-refractivity contribution in [3.05, 3.63) is 200 Å². The predicted molar refractivity (Wildman–Crippen MR) is 230 cm³/mol. The maximum atomic E-state index is 9.57. The van der Waals surface area contributed by atoms with Crippen LogP contribution in [0.5, 0.6) is 0 Å². The molecule has 0 radical (unpaired) electrons. The average Bonchev–Trinajstić information content (AvgIpc) is 3.87. The molecule has 3 heterocycles. The van der Waals surface area contributed by atoms with Gasteiger partial charge in [-0.25, -0.2) is 4.98 Å². The van der Waals surface area contributed by atoms with Crippen LogP contribution in [0.2, 0.25) is 0 Å². The minimum atomic E-state index is -0.765. The van der Waals surface area contributed by atoms with Crippen molar-refractivity contribution in [1.82, 2.24) is 24.1 Å². The van der Waals surface area contributed by atoms with Gasteiger partial charge in [0.25, 0.3) is 0 Å². The maximum absolute atomic E-state index is 9.57. The fourth-order valence-electron chi connectivity index (χ4n) is 7.38. The summed E-state index contributed by atoms with van der Waals surface area (Å²) in [7, 11) is 0. The molecule has 11 aromatic rings. The molecular formula is C51H33N5. The van der Waals surface area contributed by atoms with Crippen LogP contribution in [0, 0.1) is 0 Å². The minimum absolute atomic E-state index is 0.163. The van der Waals surface area contributed by atoms with Crippen LogP contribution < -0.4 is 0 Å². The van der Waals surface area contributed by atoms with E-state index in [0.717, 1.165) is 27.4 Å². The highest BCUT2D eigenvalue weighted by atomic mass is 15.2. The normalized spacial score (nSPS) is 14.8. The van der Waals surface area contributed by atoms with Crippen molar-refractivity contribution in [1.29, 1.82) is 0 Å². The van der Waals surface area contributed by atoms with E-state index in [1.165, 1.54) is 0 Å². The average molecular weight is 729 g/mol. The zero-order valence-corrected chi connectivity index (χ0v) is 29.3. The van der Waals surface area contributed by atoms with E-state index in [-0.39, 0.29) is 11.3 Å². The molecule has 0 spiro atoms. The Bertz CT molecular complexity index is 3890. The van der Waals surface area contributed by atoms with Gasteiger partial charge in [-0.3, -0.25) is 4.57 Å². The second kappa shape index (κ2) is 13.0. The number of hydrogen-bond acceptors (Lipinski definition) is 3. The fraction of sp³-hybridized carbons (Fsp3) is 0. The molecule has 0 aliphatic carbocycles. The molecule has 0 saturated heterocycles. The van der Waals surface area contributed by atoms with Crippen LogP contribution in [-0.2, 0) is 0 Å². The zero-order chi connectivity index (χ0) is 48.3. The van der Waals surface area contributed by atoms with E-state index in [2.05, 4.69) is 0 Å². The topological polar surface area (TPSA) is 48.5 Å². The standard InChI is InChI=1S/C51H33N5/c1-4-16-34(17-5-1)35-28-30-36(31-29-35)39-22-10-13-25-44(39)55-45-26-14-11-23-40(45)42-32-43-41-24-12-15-27-46(41)56(48(43)33-47(42)55)51-53-49(37-18-6-2-7-19-37)52-50(54-51)38-20-8-3-9-21-38/h1-33H/i1D,4D,5D,10D,13D,16D,17D,22D,25D,28D,29D,30D,31D. The van der Waals surface area contributed by atoms with Crippen LogP contribution in [0.15, 0.2) is 200 Å². The molecule has 8 aromatic carbocycles. The Kier molecular flexibility index (Phi) is 4.96. The van der Waals surface area contributed by atoms with Crippen LogP contribution in [0.3, 0.4) is 0 Å². The summed E-state index contributed by atoms with van der Waals surface area (Å²) in [5, 5.41) is 3.10. The summed E-state index contributed by atoms with van der Waals surface area (Å²) in [5.41, 5.74) is 1.83. The fourth-order valence-corrected chi connectivity index (χ4v) is 7.38. The Morgan fingerprint density at radius 2 is 0.857 bits per heavy atom. The summed E-state index contributed by atoms with van der Waals surface area (Å²) >= 11 is 0. The molecule has 0 bridgehead atoms. The van der Waals surface area contributed by atoms with Gasteiger partial charge < -0.3 is 4.57 Å². The van der Waals surface area contributed by atoms with Gasteiger partial charge in [0.2, 0.25) is 5.95 Å². The Balaban J connectivity index is 1.25. The van der Waals surface area contributed by atoms with Crippen molar-refractivity contribution in [3.8, 4) is 56.7 Å². The van der Waals surface area contributed by atoms with Crippen LogP contribution in [-0.4, -0.2) is 24.1 Å². The number of nitrogens with zero attached hydrogens (tertiary/aromatic N) is 5. The van der Waals surface area contributed by atoms with E-state index >= 15 is 0 Å². The van der Waals surface area contributed by atoms with Gasteiger partial charge >= 0.3 is 0 Å². The first kappa shape index (κ1) is 21.3. The molecule has 3 aromatic heterocycles. The number of para-hydroxylation sites is 3. The van der Waals surface area contributed by atoms with Gasteiger partial charge in [0, 0.05) is 38.2 Å². The molecule has 5 heteroatoms. The molecule has 0 unspecified atom stereocenters. The summed E-state index contributed by atoms with van der Waals surface area (Å²) in [6, 6.07) is 29.0. The number of benzene rings is 8. The molecule has 0 atom stereocenters. The number of aromatic nitrogens is 5. The van der Waals surface area contributed by atoms with E-state index < -0.39 is 95.2 Å². The lowest BCUT2D eigenvalue weighted by Gasteiger charge is -2.15. The Morgan fingerprint density at radius 3 is 1.50 bits per heavy atom. The summed E-state index contributed by atoms with van der Waals surface area (Å²) in [6.45, 7) is 0. The lowest BCUT2D eigenvalue weighted by Crippen LogP contribution is -2.06. The van der Waals surface area contributed by atoms with Crippen molar-refractivity contribution < 1.29 is 17.8 Å². The SMILES string of the molecule is [2H]c1c([2H])c([2H])c(-c2c([2H])c([2H])c(-c3c([2H])c([2H])c([2H])c([2H])c3-n3c4ccccc4c4cc5c6ccccc6n(-c6nc(-c7ccccc7)nc(-c7ccccc7)n6)c5cc43)c([2H])c2[2H])c([2H])c1[2H]. The van der Waals surface area contributed by atoms with Gasteiger partial charge in [-0.2, -0.15) is 9.97 Å². The van der Waals surface area contributed by atoms with E-state index in [0.29, 0.717) is 44.9 Å². The Morgan fingerprint density at radius 1 is 0.357 bits per heavy atom. The highest BCUT2D eigenvalue weighted by Crippen LogP contribution is 2.41. The van der Waals surface area contributed by atoms with E-state index in [4.69, 9.17) is 24.5 Å². The van der Waals surface area contributed by atoms with Gasteiger partial charge in [-0.05, 0) is 47.0 Å². The van der Waals surface area contributed by atoms with Crippen molar-refractivity contribution in [3.63, 3.8) is 0 Å². The third kappa shape index (κ3) is 5.21. The lowest BCUT2D eigenvalue weighted by atomic mass is 9.99. The molecule has 5 nitrogen and oxygen atoms in total. The van der Waals surface area contributed by atoms with Crippen LogP contribution in [0.4, 0.5) is 0 Å². The first-order valence-corrected chi connectivity index (χ1v) is 17.8. The molecule has 0 amide bonds. The molecule has 56 heavy (non-hydrogen) atoms. The van der Waals surface area contributed by atoms with Gasteiger partial charge in [0.15, 0.2) is 11.6 Å². The Labute approximate surface area is 341 Å². The van der Waals surface area contributed by atoms with Crippen LogP contribution >= 0.6 is 0 Å². The maximum Gasteiger partial charge on any atom is 0.238 e. The van der Waals surface area contributed by atoms with Crippen molar-refractivity contribution in [2.24, 2.45) is 0 Å². The van der Waals surface area contributed by atoms with E-state index in [1.54, 1.807) is 16.7 Å². The Hall–Kier alpha value is -7.63. The smallest absolute Gasteiger partial charge is 0.238 e. The molecule has 262 valence electrons. The second-order valence-electron chi connectivity index (χ2n) is 13.1. The van der Waals surface area contributed by atoms with Crippen molar-refractivity contribution >= 4 is 43.6 Å². The predicted octanol–water partition coefficient (Wildman–Crippen LogP) is 12.7. The van der Waals surface area contributed by atoms with Gasteiger partial charge in [0.05, 0.1) is 45.6 Å². The summed E-state index contributed by atoms with van der Waals surface area (Å²) in [6.07, 6.45) is 0. The number of hydrogen-bond donors (Lipinski definition) is 0. The van der Waals surface area contributed by atoms with Gasteiger partial charge in [-0.15, -0.1) is 0 Å². The first-order chi connectivity index (χ1) is 33.2. The summed E-state index contributed by atoms with van der Waals surface area (Å²) in [5.74, 6) is 1.17. The number of rotatable bonds is 6. The largest absolute Gasteiger partial charge is 0.309 e. The highest BCUT2D eigenvalue weighted by Gasteiger charge is 2.22. The van der Waals surface area contributed by atoms with Crippen molar-refractivity contribution in [2.45, 2.75) is 0 Å². The van der Waals surface area contributed by atoms with E-state index in [9.17, 15) is 8.22 Å². The molecule has 0 saturated carbocycles. The third-order valence-corrected chi connectivity index (χ3v) is 9.87. The van der Waals surface area contributed by atoms with Crippen molar-refractivity contribution in [2.75, 3.05) is 0 Å². The summed E-state index contributed by atoms with van der Waals surface area (Å²) < 4.78 is 119. The zero-order valence-electron chi connectivity index (χ0n) is 42.3. The molecule has 0 N–H and O–H groups in total. The molecule has 11 rings (SSSR count). The highest BCUT2D eigenvalue weighted by molar-refractivity contribution is 6.19. The quantitative estimate of drug-likeness (QED) is 0.171. The summed E-state index contributed by atoms with van der Waals surface area (Å²) in [4.78, 5) is 15.0. The number of fused-ring (bicyclic) bond motifs is 6. The lowest BCUT2D eigenvalue weighted by molar-refractivity contribution is 0.953. The van der Waals surface area contributed by atoms with Crippen LogP contribution in [0.1, 0.15) is 17.8 Å². The minimum Gasteiger partial charge on any atom is -0.309 e. The van der Waals surface area contributed by atoms with Gasteiger partial charge in [0.1, 0.15) is 0 Å². The molecule has 0 fully saturated rings. The molecule has 0 aliphatic rings. The second-order valence-corrected chi connectivity index (χ2v) is 13.1. The molecule has 0 aliphatic heterocycles. The van der Waals surface area contributed by atoms with Crippen LogP contribution in [0.25, 0.3) is 100 Å². The monoisotopic (exact) mass is 728 g/mol. The van der Waals surface area contributed by atoms with E-state index in [1.807, 2.05) is 114 Å². The molecular weight excluding hydrogens is 683 g/mol.